The molecule has 2 aromatic rings. The van der Waals surface area contributed by atoms with E-state index in [0.29, 0.717) is 35.3 Å². The third-order valence-corrected chi connectivity index (χ3v) is 3.72. The SMILES string of the molecule is COCCOc1ccc(C(=O)NNC(=O)COc2ccc(Cl)cc2C)cc1. The van der Waals surface area contributed by atoms with E-state index in [0.717, 1.165) is 5.56 Å². The third kappa shape index (κ3) is 6.80. The van der Waals surface area contributed by atoms with E-state index < -0.39 is 11.8 Å². The standard InChI is InChI=1S/C19H21ClN2O5/c1-13-11-15(20)5-8-17(13)27-12-18(23)21-22-19(24)14-3-6-16(7-4-14)26-10-9-25-2/h3-8,11H,9-10,12H2,1-2H3,(H,21,23)(H,22,24). The Morgan fingerprint density at radius 1 is 1.00 bits per heavy atom. The number of rotatable bonds is 8. The van der Waals surface area contributed by atoms with Gasteiger partial charge in [-0.15, -0.1) is 0 Å². The molecule has 0 heterocycles. The van der Waals surface area contributed by atoms with Gasteiger partial charge in [0.25, 0.3) is 11.8 Å². The summed E-state index contributed by atoms with van der Waals surface area (Å²) < 4.78 is 15.7. The number of benzene rings is 2. The Balaban J connectivity index is 1.76. The Morgan fingerprint density at radius 2 is 1.74 bits per heavy atom. The normalized spacial score (nSPS) is 10.2. The predicted molar refractivity (Wildman–Crippen MR) is 101 cm³/mol. The van der Waals surface area contributed by atoms with Gasteiger partial charge in [-0.2, -0.15) is 0 Å². The smallest absolute Gasteiger partial charge is 0.276 e. The van der Waals surface area contributed by atoms with Crippen LogP contribution in [0.1, 0.15) is 15.9 Å². The van der Waals surface area contributed by atoms with Crippen LogP contribution in [0.4, 0.5) is 0 Å². The number of halogens is 1. The molecule has 0 radical (unpaired) electrons. The van der Waals surface area contributed by atoms with Gasteiger partial charge in [-0.05, 0) is 55.0 Å². The fourth-order valence-electron chi connectivity index (χ4n) is 2.10. The molecule has 144 valence electrons. The number of ether oxygens (including phenoxy) is 3. The molecule has 0 bridgehead atoms. The maximum atomic E-state index is 12.0. The van der Waals surface area contributed by atoms with Gasteiger partial charge in [0.15, 0.2) is 6.61 Å². The van der Waals surface area contributed by atoms with Gasteiger partial charge < -0.3 is 14.2 Å². The molecule has 0 unspecified atom stereocenters. The molecular formula is C19H21ClN2O5. The van der Waals surface area contributed by atoms with E-state index in [1.165, 1.54) is 0 Å². The average molecular weight is 393 g/mol. The number of hydrogen-bond acceptors (Lipinski definition) is 5. The first kappa shape index (κ1) is 20.5. The molecule has 0 aromatic heterocycles. The molecule has 2 N–H and O–H groups in total. The van der Waals surface area contributed by atoms with Crippen LogP contribution in [-0.2, 0) is 9.53 Å². The minimum absolute atomic E-state index is 0.241. The van der Waals surface area contributed by atoms with Gasteiger partial charge in [-0.3, -0.25) is 20.4 Å². The molecule has 2 aromatic carbocycles. The highest BCUT2D eigenvalue weighted by atomic mass is 35.5. The molecule has 2 amide bonds. The first-order valence-electron chi connectivity index (χ1n) is 8.19. The van der Waals surface area contributed by atoms with Crippen molar-refractivity contribution in [3.63, 3.8) is 0 Å². The molecule has 0 spiro atoms. The van der Waals surface area contributed by atoms with Crippen molar-refractivity contribution in [3.05, 3.63) is 58.6 Å². The Kier molecular flexibility index (Phi) is 7.91. The van der Waals surface area contributed by atoms with Gasteiger partial charge >= 0.3 is 0 Å². The van der Waals surface area contributed by atoms with Crippen LogP contribution in [0.2, 0.25) is 5.02 Å². The van der Waals surface area contributed by atoms with Crippen LogP contribution in [0.15, 0.2) is 42.5 Å². The number of nitrogens with one attached hydrogen (secondary N) is 2. The molecule has 0 atom stereocenters. The lowest BCUT2D eigenvalue weighted by molar-refractivity contribution is -0.123. The lowest BCUT2D eigenvalue weighted by atomic mass is 10.2. The Morgan fingerprint density at radius 3 is 2.41 bits per heavy atom. The quantitative estimate of drug-likeness (QED) is 0.532. The molecule has 0 saturated heterocycles. The van der Waals surface area contributed by atoms with Crippen molar-refractivity contribution in [2.24, 2.45) is 0 Å². The maximum Gasteiger partial charge on any atom is 0.276 e. The topological polar surface area (TPSA) is 85.9 Å². The van der Waals surface area contributed by atoms with Crippen molar-refractivity contribution in [1.29, 1.82) is 0 Å². The van der Waals surface area contributed by atoms with Crippen LogP contribution in [0, 0.1) is 6.92 Å². The fourth-order valence-corrected chi connectivity index (χ4v) is 2.32. The van der Waals surface area contributed by atoms with Crippen LogP contribution in [0.3, 0.4) is 0 Å². The Hall–Kier alpha value is -2.77. The number of hydrazine groups is 1. The second-order valence-electron chi connectivity index (χ2n) is 5.57. The number of methoxy groups -OCH3 is 1. The minimum atomic E-state index is -0.489. The highest BCUT2D eigenvalue weighted by Gasteiger charge is 2.09. The van der Waals surface area contributed by atoms with Gasteiger partial charge in [0, 0.05) is 17.7 Å². The molecule has 8 heteroatoms. The van der Waals surface area contributed by atoms with Gasteiger partial charge in [0.2, 0.25) is 0 Å². The molecule has 2 rings (SSSR count). The lowest BCUT2D eigenvalue weighted by Gasteiger charge is -2.11. The summed E-state index contributed by atoms with van der Waals surface area (Å²) in [7, 11) is 1.59. The van der Waals surface area contributed by atoms with Crippen LogP contribution in [0.25, 0.3) is 0 Å². The van der Waals surface area contributed by atoms with Crippen LogP contribution >= 0.6 is 11.6 Å². The van der Waals surface area contributed by atoms with Crippen molar-refractivity contribution in [2.45, 2.75) is 6.92 Å². The molecule has 27 heavy (non-hydrogen) atoms. The minimum Gasteiger partial charge on any atom is -0.491 e. The van der Waals surface area contributed by atoms with Gasteiger partial charge in [0.05, 0.1) is 6.61 Å². The zero-order valence-electron chi connectivity index (χ0n) is 15.1. The summed E-state index contributed by atoms with van der Waals surface area (Å²) in [4.78, 5) is 23.9. The summed E-state index contributed by atoms with van der Waals surface area (Å²) >= 11 is 5.87. The predicted octanol–water partition coefficient (Wildman–Crippen LogP) is 2.51. The van der Waals surface area contributed by atoms with Crippen molar-refractivity contribution >= 4 is 23.4 Å². The highest BCUT2D eigenvalue weighted by molar-refractivity contribution is 6.30. The molecule has 0 fully saturated rings. The largest absolute Gasteiger partial charge is 0.491 e. The van der Waals surface area contributed by atoms with Crippen molar-refractivity contribution in [1.82, 2.24) is 10.9 Å². The van der Waals surface area contributed by atoms with Crippen LogP contribution in [0.5, 0.6) is 11.5 Å². The first-order chi connectivity index (χ1) is 13.0. The van der Waals surface area contributed by atoms with Crippen molar-refractivity contribution < 1.29 is 23.8 Å². The Labute approximate surface area is 162 Å². The van der Waals surface area contributed by atoms with Gasteiger partial charge in [-0.25, -0.2) is 0 Å². The summed E-state index contributed by atoms with van der Waals surface area (Å²) in [6, 6.07) is 11.6. The molecule has 0 aliphatic carbocycles. The maximum absolute atomic E-state index is 12.0. The van der Waals surface area contributed by atoms with E-state index >= 15 is 0 Å². The zero-order valence-corrected chi connectivity index (χ0v) is 15.8. The number of hydrogen-bond donors (Lipinski definition) is 2. The highest BCUT2D eigenvalue weighted by Crippen LogP contribution is 2.21. The average Bonchev–Trinajstić information content (AvgIpc) is 2.66. The van der Waals surface area contributed by atoms with Crippen LogP contribution < -0.4 is 20.3 Å². The van der Waals surface area contributed by atoms with Gasteiger partial charge in [-0.1, -0.05) is 11.6 Å². The second-order valence-corrected chi connectivity index (χ2v) is 6.00. The van der Waals surface area contributed by atoms with E-state index in [4.69, 9.17) is 25.8 Å². The number of carbonyl (C=O) groups is 2. The first-order valence-corrected chi connectivity index (χ1v) is 8.57. The van der Waals surface area contributed by atoms with E-state index in [1.54, 1.807) is 49.6 Å². The van der Waals surface area contributed by atoms with Crippen molar-refractivity contribution in [3.8, 4) is 11.5 Å². The van der Waals surface area contributed by atoms with Crippen molar-refractivity contribution in [2.75, 3.05) is 26.9 Å². The molecule has 0 saturated carbocycles. The molecule has 7 nitrogen and oxygen atoms in total. The van der Waals surface area contributed by atoms with Gasteiger partial charge in [0.1, 0.15) is 18.1 Å². The molecular weight excluding hydrogens is 372 g/mol. The summed E-state index contributed by atoms with van der Waals surface area (Å²) in [6.07, 6.45) is 0. The third-order valence-electron chi connectivity index (χ3n) is 3.48. The zero-order chi connectivity index (χ0) is 19.6. The number of aryl methyl sites for hydroxylation is 1. The number of amides is 2. The Bertz CT molecular complexity index is 780. The van der Waals surface area contributed by atoms with E-state index in [1.807, 2.05) is 6.92 Å². The summed E-state index contributed by atoms with van der Waals surface area (Å²) in [5.41, 5.74) is 5.82. The lowest BCUT2D eigenvalue weighted by Crippen LogP contribution is -2.43. The fraction of sp³-hybridized carbons (Fsp3) is 0.263. The monoisotopic (exact) mass is 392 g/mol. The second kappa shape index (κ2) is 10.4. The molecule has 0 aliphatic rings. The number of carbonyl (C=O) groups excluding carboxylic acids is 2. The summed E-state index contributed by atoms with van der Waals surface area (Å²) in [6.45, 7) is 2.48. The molecule has 0 aliphatic heterocycles. The van der Waals surface area contributed by atoms with Crippen LogP contribution in [-0.4, -0.2) is 38.7 Å². The van der Waals surface area contributed by atoms with E-state index in [2.05, 4.69) is 10.9 Å². The van der Waals surface area contributed by atoms with E-state index in [9.17, 15) is 9.59 Å². The summed E-state index contributed by atoms with van der Waals surface area (Å²) in [5.74, 6) is 0.232. The van der Waals surface area contributed by atoms with E-state index in [-0.39, 0.29) is 6.61 Å². The summed E-state index contributed by atoms with van der Waals surface area (Å²) in [5, 5.41) is 0.590.